The van der Waals surface area contributed by atoms with Crippen LogP contribution in [0.15, 0.2) is 24.3 Å². The Morgan fingerprint density at radius 2 is 2.07 bits per heavy atom. The molecule has 0 radical (unpaired) electrons. The highest BCUT2D eigenvalue weighted by atomic mass is 16.5. The largest absolute Gasteiger partial charge is 0.507 e. The number of carbonyl (C=O) groups excluding carboxylic acids is 2. The van der Waals surface area contributed by atoms with Crippen LogP contribution in [-0.2, 0) is 4.74 Å². The van der Waals surface area contributed by atoms with Crippen LogP contribution in [0.1, 0.15) is 17.3 Å². The van der Waals surface area contributed by atoms with Gasteiger partial charge in [0.15, 0.2) is 0 Å². The maximum absolute atomic E-state index is 11.4. The third-order valence-electron chi connectivity index (χ3n) is 1.64. The zero-order valence-corrected chi connectivity index (χ0v) is 8.19. The number of carbonyl (C=O) groups is 2. The second-order valence-corrected chi connectivity index (χ2v) is 2.69. The van der Waals surface area contributed by atoms with Crippen LogP contribution in [0.5, 0.6) is 5.75 Å². The molecular weight excluding hydrogens is 198 g/mol. The van der Waals surface area contributed by atoms with Gasteiger partial charge in [0, 0.05) is 0 Å². The highest BCUT2D eigenvalue weighted by Crippen LogP contribution is 2.14. The van der Waals surface area contributed by atoms with Gasteiger partial charge >= 0.3 is 6.09 Å². The van der Waals surface area contributed by atoms with Gasteiger partial charge in [-0.05, 0) is 19.1 Å². The Kier molecular flexibility index (Phi) is 3.68. The van der Waals surface area contributed by atoms with Crippen LogP contribution in [0.25, 0.3) is 0 Å². The number of imide groups is 1. The fraction of sp³-hybridized carbons (Fsp3) is 0.200. The maximum Gasteiger partial charge on any atom is 0.414 e. The molecule has 0 spiro atoms. The third-order valence-corrected chi connectivity index (χ3v) is 1.64. The molecule has 2 N–H and O–H groups in total. The van der Waals surface area contributed by atoms with E-state index in [4.69, 9.17) is 0 Å². The second-order valence-electron chi connectivity index (χ2n) is 2.69. The highest BCUT2D eigenvalue weighted by Gasteiger charge is 2.13. The Labute approximate surface area is 86.7 Å². The summed E-state index contributed by atoms with van der Waals surface area (Å²) in [5.74, 6) is -0.870. The van der Waals surface area contributed by atoms with Crippen LogP contribution >= 0.6 is 0 Å². The average Bonchev–Trinajstić information content (AvgIpc) is 2.18. The lowest BCUT2D eigenvalue weighted by Gasteiger charge is -2.04. The quantitative estimate of drug-likeness (QED) is 0.769. The van der Waals surface area contributed by atoms with E-state index in [9.17, 15) is 14.7 Å². The van der Waals surface area contributed by atoms with E-state index < -0.39 is 12.0 Å². The number of hydrogen-bond donors (Lipinski definition) is 2. The number of ether oxygens (including phenoxy) is 1. The monoisotopic (exact) mass is 209 g/mol. The predicted molar refractivity (Wildman–Crippen MR) is 52.6 cm³/mol. The van der Waals surface area contributed by atoms with Crippen LogP contribution in [-0.4, -0.2) is 23.7 Å². The molecule has 80 valence electrons. The van der Waals surface area contributed by atoms with Crippen molar-refractivity contribution in [2.75, 3.05) is 6.61 Å². The van der Waals surface area contributed by atoms with Crippen molar-refractivity contribution in [1.29, 1.82) is 0 Å². The van der Waals surface area contributed by atoms with E-state index in [-0.39, 0.29) is 17.9 Å². The van der Waals surface area contributed by atoms with E-state index in [1.165, 1.54) is 12.1 Å². The molecule has 0 unspecified atom stereocenters. The summed E-state index contributed by atoms with van der Waals surface area (Å²) in [6, 6.07) is 5.93. The smallest absolute Gasteiger partial charge is 0.414 e. The number of benzene rings is 1. The van der Waals surface area contributed by atoms with Crippen molar-refractivity contribution in [3.05, 3.63) is 29.8 Å². The first-order valence-electron chi connectivity index (χ1n) is 4.41. The number of amides is 2. The van der Waals surface area contributed by atoms with Crippen LogP contribution < -0.4 is 5.32 Å². The number of aromatic hydroxyl groups is 1. The van der Waals surface area contributed by atoms with Gasteiger partial charge in [0.05, 0.1) is 12.2 Å². The zero-order valence-electron chi connectivity index (χ0n) is 8.19. The first-order valence-corrected chi connectivity index (χ1v) is 4.41. The minimum absolute atomic E-state index is 0.0329. The molecule has 15 heavy (non-hydrogen) atoms. The summed E-state index contributed by atoms with van der Waals surface area (Å²) in [5, 5.41) is 11.3. The number of phenols is 1. The maximum atomic E-state index is 11.4. The SMILES string of the molecule is CCOC(=O)NC(=O)c1ccccc1O. The fourth-order valence-corrected chi connectivity index (χ4v) is 0.993. The molecule has 0 heterocycles. The first-order chi connectivity index (χ1) is 7.15. The average molecular weight is 209 g/mol. The predicted octanol–water partition coefficient (Wildman–Crippen LogP) is 1.28. The molecule has 1 rings (SSSR count). The second kappa shape index (κ2) is 4.99. The molecule has 5 heteroatoms. The van der Waals surface area contributed by atoms with Crippen LogP contribution in [0.2, 0.25) is 0 Å². The van der Waals surface area contributed by atoms with Crippen molar-refractivity contribution >= 4 is 12.0 Å². The van der Waals surface area contributed by atoms with Crippen molar-refractivity contribution < 1.29 is 19.4 Å². The standard InChI is InChI=1S/C10H11NO4/c1-2-15-10(14)11-9(13)7-5-3-4-6-8(7)12/h3-6,12H,2H2,1H3,(H,11,13,14). The topological polar surface area (TPSA) is 75.6 Å². The minimum atomic E-state index is -0.828. The van der Waals surface area contributed by atoms with Gasteiger partial charge < -0.3 is 9.84 Å². The Morgan fingerprint density at radius 1 is 1.40 bits per heavy atom. The molecule has 5 nitrogen and oxygen atoms in total. The molecule has 0 fully saturated rings. The highest BCUT2D eigenvalue weighted by molar-refractivity contribution is 6.04. The van der Waals surface area contributed by atoms with E-state index in [2.05, 4.69) is 4.74 Å². The lowest BCUT2D eigenvalue weighted by atomic mass is 10.2. The van der Waals surface area contributed by atoms with Gasteiger partial charge in [-0.25, -0.2) is 4.79 Å². The van der Waals surface area contributed by atoms with Gasteiger partial charge in [-0.2, -0.15) is 0 Å². The molecular formula is C10H11NO4. The first kappa shape index (κ1) is 11.0. The van der Waals surface area contributed by atoms with Crippen LogP contribution in [0, 0.1) is 0 Å². The number of hydrogen-bond acceptors (Lipinski definition) is 4. The van der Waals surface area contributed by atoms with Gasteiger partial charge in [-0.3, -0.25) is 10.1 Å². The molecule has 0 saturated carbocycles. The molecule has 2 amide bonds. The van der Waals surface area contributed by atoms with Crippen LogP contribution in [0.3, 0.4) is 0 Å². The Bertz CT molecular complexity index is 375. The lowest BCUT2D eigenvalue weighted by Crippen LogP contribution is -2.30. The Morgan fingerprint density at radius 3 is 2.67 bits per heavy atom. The number of phenolic OH excluding ortho intramolecular Hbond substituents is 1. The molecule has 0 aliphatic heterocycles. The summed E-state index contributed by atoms with van der Waals surface area (Å²) in [7, 11) is 0. The summed E-state index contributed by atoms with van der Waals surface area (Å²) in [5.41, 5.74) is 0.0329. The Hall–Kier alpha value is -2.04. The molecule has 0 saturated heterocycles. The Balaban J connectivity index is 2.70. The molecule has 0 atom stereocenters. The molecule has 0 aliphatic carbocycles. The number of rotatable bonds is 2. The summed E-state index contributed by atoms with van der Waals surface area (Å²) in [6.07, 6.45) is -0.828. The lowest BCUT2D eigenvalue weighted by molar-refractivity contribution is 0.0922. The normalized spacial score (nSPS) is 9.40. The minimum Gasteiger partial charge on any atom is -0.507 e. The number of nitrogens with one attached hydrogen (secondary N) is 1. The van der Waals surface area contributed by atoms with Gasteiger partial charge in [-0.1, -0.05) is 12.1 Å². The van der Waals surface area contributed by atoms with E-state index in [0.29, 0.717) is 0 Å². The van der Waals surface area contributed by atoms with E-state index in [1.807, 2.05) is 5.32 Å². The van der Waals surface area contributed by atoms with Gasteiger partial charge in [0.25, 0.3) is 5.91 Å². The summed E-state index contributed by atoms with van der Waals surface area (Å²) in [6.45, 7) is 1.81. The third kappa shape index (κ3) is 2.98. The number of para-hydroxylation sites is 1. The van der Waals surface area contributed by atoms with E-state index in [1.54, 1.807) is 19.1 Å². The summed E-state index contributed by atoms with van der Waals surface area (Å²) >= 11 is 0. The molecule has 0 aliphatic rings. The summed E-state index contributed by atoms with van der Waals surface area (Å²) in [4.78, 5) is 22.3. The molecule has 1 aromatic carbocycles. The van der Waals surface area contributed by atoms with Crippen molar-refractivity contribution in [3.8, 4) is 5.75 Å². The zero-order chi connectivity index (χ0) is 11.3. The van der Waals surface area contributed by atoms with Crippen molar-refractivity contribution in [2.24, 2.45) is 0 Å². The molecule has 0 aromatic heterocycles. The van der Waals surface area contributed by atoms with Crippen molar-refractivity contribution in [2.45, 2.75) is 6.92 Å². The van der Waals surface area contributed by atoms with Crippen molar-refractivity contribution in [1.82, 2.24) is 5.32 Å². The summed E-state index contributed by atoms with van der Waals surface area (Å²) < 4.78 is 4.52. The van der Waals surface area contributed by atoms with Crippen LogP contribution in [0.4, 0.5) is 4.79 Å². The van der Waals surface area contributed by atoms with E-state index >= 15 is 0 Å². The van der Waals surface area contributed by atoms with Gasteiger partial charge in [0.1, 0.15) is 5.75 Å². The van der Waals surface area contributed by atoms with Gasteiger partial charge in [-0.15, -0.1) is 0 Å². The van der Waals surface area contributed by atoms with Gasteiger partial charge in [0.2, 0.25) is 0 Å². The van der Waals surface area contributed by atoms with E-state index in [0.717, 1.165) is 0 Å². The fourth-order valence-electron chi connectivity index (χ4n) is 0.993. The molecule has 0 bridgehead atoms. The molecule has 1 aromatic rings. The number of alkyl carbamates (subject to hydrolysis) is 1. The van der Waals surface area contributed by atoms with Crippen molar-refractivity contribution in [3.63, 3.8) is 0 Å².